The van der Waals surface area contributed by atoms with Crippen LogP contribution < -0.4 is 15.4 Å². The Hall–Kier alpha value is -4.20. The van der Waals surface area contributed by atoms with Gasteiger partial charge in [-0.05, 0) is 74.5 Å². The molecule has 4 aliphatic heterocycles. The number of hydrogen-bond acceptors (Lipinski definition) is 8. The lowest BCUT2D eigenvalue weighted by Crippen LogP contribution is -2.58. The Labute approximate surface area is 305 Å². The molecule has 0 unspecified atom stereocenters. The minimum absolute atomic E-state index is 0.0165. The summed E-state index contributed by atoms with van der Waals surface area (Å²) in [6, 6.07) is 3.99. The van der Waals surface area contributed by atoms with Gasteiger partial charge in [-0.3, -0.25) is 28.8 Å². The third kappa shape index (κ3) is 7.91. The van der Waals surface area contributed by atoms with Crippen LogP contribution in [0, 0.1) is 5.92 Å². The van der Waals surface area contributed by atoms with E-state index >= 15 is 0 Å². The van der Waals surface area contributed by atoms with Crippen LogP contribution in [0.4, 0.5) is 4.79 Å². The molecule has 4 heterocycles. The lowest BCUT2D eigenvalue weighted by Gasteiger charge is -2.30. The molecule has 5 amide bonds. The number of carbonyl (C=O) groups is 5. The van der Waals surface area contributed by atoms with Crippen molar-refractivity contribution in [1.82, 2.24) is 25.2 Å². The summed E-state index contributed by atoms with van der Waals surface area (Å²) in [5.41, 5.74) is 1.63. The molecule has 52 heavy (non-hydrogen) atoms. The average Bonchev–Trinajstić information content (AvgIpc) is 3.99. The molecular weight excluding hydrogens is 687 g/mol. The molecule has 7 rings (SSSR count). The van der Waals surface area contributed by atoms with Gasteiger partial charge in [0.05, 0.1) is 18.3 Å². The molecule has 3 N–H and O–H groups in total. The standard InChI is InChI=1S/C38H49N5O8S/c44-33-17-10-6-1-3-7-12-25-13-11-14-26-22-42(24-30(25)26)37(48)51-28-20-32-34(45)40-38(36(47)41-52(49,50)29-18-19-29)21-27(38)15-8-4-2-5-9-16-31(39-33)35(46)43(32)23-28/h7-8,11-15,27-29,31-32H,1-6,9-10,16-24H2,(H,39,44)(H,40,45)(H,41,47)/b12-7+,15-8-/t27-,28+,31-,32-,38+/m0/s1. The number of benzene rings is 1. The van der Waals surface area contributed by atoms with Crippen LogP contribution in [0.25, 0.3) is 6.08 Å². The summed E-state index contributed by atoms with van der Waals surface area (Å²) >= 11 is 0. The summed E-state index contributed by atoms with van der Waals surface area (Å²) in [5, 5.41) is 5.18. The highest BCUT2D eigenvalue weighted by Gasteiger charge is 2.62. The first-order valence-corrected chi connectivity index (χ1v) is 20.5. The van der Waals surface area contributed by atoms with E-state index in [-0.39, 0.29) is 31.7 Å². The fourth-order valence-corrected chi connectivity index (χ4v) is 9.36. The van der Waals surface area contributed by atoms with Crippen molar-refractivity contribution in [3.63, 3.8) is 0 Å². The summed E-state index contributed by atoms with van der Waals surface area (Å²) < 4.78 is 33.8. The predicted molar refractivity (Wildman–Crippen MR) is 191 cm³/mol. The smallest absolute Gasteiger partial charge is 0.410 e. The number of nitrogens with one attached hydrogen (secondary N) is 3. The van der Waals surface area contributed by atoms with Crippen LogP contribution in [0.1, 0.15) is 107 Å². The number of rotatable bonds is 3. The third-order valence-electron chi connectivity index (χ3n) is 11.3. The van der Waals surface area contributed by atoms with Crippen LogP contribution in [0.3, 0.4) is 0 Å². The van der Waals surface area contributed by atoms with Crippen molar-refractivity contribution in [3.05, 3.63) is 53.1 Å². The van der Waals surface area contributed by atoms with Gasteiger partial charge in [0, 0.05) is 25.3 Å². The lowest BCUT2D eigenvalue weighted by atomic mass is 10.0. The second-order valence-corrected chi connectivity index (χ2v) is 17.2. The zero-order valence-corrected chi connectivity index (χ0v) is 30.3. The van der Waals surface area contributed by atoms with Crippen LogP contribution in [0.2, 0.25) is 0 Å². The molecule has 5 atom stereocenters. The Morgan fingerprint density at radius 2 is 1.73 bits per heavy atom. The maximum absolute atomic E-state index is 14.4. The maximum Gasteiger partial charge on any atom is 0.410 e. The van der Waals surface area contributed by atoms with E-state index in [0.29, 0.717) is 51.6 Å². The Kier molecular flexibility index (Phi) is 10.5. The number of ether oxygens (including phenoxy) is 1. The fraction of sp³-hybridized carbons (Fsp3) is 0.605. The van der Waals surface area contributed by atoms with Crippen molar-refractivity contribution in [1.29, 1.82) is 0 Å². The monoisotopic (exact) mass is 735 g/mol. The molecule has 3 fully saturated rings. The van der Waals surface area contributed by atoms with E-state index < -0.39 is 68.7 Å². The van der Waals surface area contributed by atoms with Crippen LogP contribution in [0.5, 0.6) is 0 Å². The van der Waals surface area contributed by atoms with E-state index in [1.807, 2.05) is 30.4 Å². The molecule has 1 aromatic carbocycles. The maximum atomic E-state index is 14.4. The molecule has 2 saturated carbocycles. The Balaban J connectivity index is 1.17. The van der Waals surface area contributed by atoms with Gasteiger partial charge in [-0.2, -0.15) is 0 Å². The average molecular weight is 736 g/mol. The molecule has 1 aromatic rings. The molecule has 1 saturated heterocycles. The van der Waals surface area contributed by atoms with Crippen LogP contribution in [-0.2, 0) is 47.0 Å². The zero-order valence-electron chi connectivity index (χ0n) is 29.5. The van der Waals surface area contributed by atoms with E-state index in [1.165, 1.54) is 4.90 Å². The highest BCUT2D eigenvalue weighted by atomic mass is 32.2. The van der Waals surface area contributed by atoms with Gasteiger partial charge in [-0.1, -0.05) is 61.8 Å². The van der Waals surface area contributed by atoms with Crippen molar-refractivity contribution >= 4 is 45.8 Å². The normalized spacial score (nSPS) is 31.6. The van der Waals surface area contributed by atoms with Gasteiger partial charge in [0.25, 0.3) is 5.91 Å². The quantitative estimate of drug-likeness (QED) is 0.396. The van der Waals surface area contributed by atoms with Crippen LogP contribution in [0.15, 0.2) is 36.4 Å². The summed E-state index contributed by atoms with van der Waals surface area (Å²) in [4.78, 5) is 72.1. The lowest BCUT2D eigenvalue weighted by molar-refractivity contribution is -0.142. The van der Waals surface area contributed by atoms with E-state index in [1.54, 1.807) is 4.90 Å². The Morgan fingerprint density at radius 3 is 2.54 bits per heavy atom. The molecule has 0 radical (unpaired) electrons. The topological polar surface area (TPSA) is 171 Å². The largest absolute Gasteiger partial charge is 0.444 e. The van der Waals surface area contributed by atoms with Gasteiger partial charge in [-0.25, -0.2) is 13.2 Å². The molecule has 13 nitrogen and oxygen atoms in total. The zero-order chi connectivity index (χ0) is 36.5. The molecule has 6 aliphatic rings. The summed E-state index contributed by atoms with van der Waals surface area (Å²) in [6.45, 7) is 0.681. The minimum Gasteiger partial charge on any atom is -0.444 e. The van der Waals surface area contributed by atoms with Gasteiger partial charge in [0.15, 0.2) is 0 Å². The predicted octanol–water partition coefficient (Wildman–Crippen LogP) is 3.57. The molecule has 5 bridgehead atoms. The first-order valence-electron chi connectivity index (χ1n) is 18.9. The van der Waals surface area contributed by atoms with E-state index in [9.17, 15) is 32.4 Å². The summed E-state index contributed by atoms with van der Waals surface area (Å²) in [7, 11) is -3.88. The SMILES string of the molecule is O=C1CCCCC/C=C/c2cccc3c2CN(C3)C(=O)O[C@@H]2C[C@H]3C(=O)N[C@]4(C(=O)NS(=O)(=O)C5CC5)C[C@@H]4/C=C\CCCCC[C@H](N1)C(=O)N3C2. The first kappa shape index (κ1) is 36.2. The van der Waals surface area contributed by atoms with E-state index in [4.69, 9.17) is 4.74 Å². The third-order valence-corrected chi connectivity index (χ3v) is 13.1. The van der Waals surface area contributed by atoms with Gasteiger partial charge >= 0.3 is 6.09 Å². The van der Waals surface area contributed by atoms with Gasteiger partial charge in [-0.15, -0.1) is 0 Å². The summed E-state index contributed by atoms with van der Waals surface area (Å²) in [5.74, 6) is -2.52. The fourth-order valence-electron chi connectivity index (χ4n) is 8.00. The number of hydrogen-bond donors (Lipinski definition) is 3. The number of amides is 5. The van der Waals surface area contributed by atoms with Crippen molar-refractivity contribution in [3.8, 4) is 0 Å². The summed E-state index contributed by atoms with van der Waals surface area (Å²) in [6.07, 6.45) is 14.8. The van der Waals surface area contributed by atoms with Gasteiger partial charge in [0.2, 0.25) is 27.7 Å². The number of sulfonamides is 1. The van der Waals surface area contributed by atoms with Crippen LogP contribution >= 0.6 is 0 Å². The van der Waals surface area contributed by atoms with E-state index in [0.717, 1.165) is 48.8 Å². The molecule has 2 aliphatic carbocycles. The molecule has 0 aromatic heterocycles. The van der Waals surface area contributed by atoms with Crippen molar-refractivity contribution in [2.45, 2.75) is 132 Å². The second kappa shape index (κ2) is 15.0. The molecule has 0 spiro atoms. The van der Waals surface area contributed by atoms with Crippen molar-refractivity contribution < 1.29 is 37.1 Å². The highest BCUT2D eigenvalue weighted by molar-refractivity contribution is 7.91. The Bertz CT molecular complexity index is 1770. The van der Waals surface area contributed by atoms with Crippen molar-refractivity contribution in [2.75, 3.05) is 6.54 Å². The molecule has 14 heteroatoms. The first-order chi connectivity index (χ1) is 25.0. The van der Waals surface area contributed by atoms with Crippen LogP contribution in [-0.4, -0.2) is 83.5 Å². The number of fused-ring (bicyclic) bond motifs is 4. The van der Waals surface area contributed by atoms with E-state index in [2.05, 4.69) is 27.5 Å². The number of nitrogens with zero attached hydrogens (tertiary/aromatic N) is 2. The minimum atomic E-state index is -3.88. The van der Waals surface area contributed by atoms with Gasteiger partial charge < -0.3 is 20.3 Å². The number of allylic oxidation sites excluding steroid dienone is 2. The van der Waals surface area contributed by atoms with Gasteiger partial charge in [0.1, 0.15) is 23.7 Å². The molecular formula is C38H49N5O8S. The Morgan fingerprint density at radius 1 is 0.942 bits per heavy atom. The molecule has 280 valence electrons. The highest BCUT2D eigenvalue weighted by Crippen LogP contribution is 2.46. The number of carbonyl (C=O) groups excluding carboxylic acids is 5. The van der Waals surface area contributed by atoms with Crippen molar-refractivity contribution in [2.24, 2.45) is 5.92 Å². The second-order valence-electron chi connectivity index (χ2n) is 15.2.